The van der Waals surface area contributed by atoms with Crippen molar-refractivity contribution in [1.29, 1.82) is 5.26 Å². The molecule has 1 heterocycles. The molecular weight excluding hydrogens is 186 g/mol. The second-order valence-corrected chi connectivity index (χ2v) is 3.29. The molecule has 2 rings (SSSR count). The Morgan fingerprint density at radius 1 is 1.38 bits per heavy atom. The van der Waals surface area contributed by atoms with Gasteiger partial charge in [-0.15, -0.1) is 0 Å². The highest BCUT2D eigenvalue weighted by molar-refractivity contribution is 6.34. The summed E-state index contributed by atoms with van der Waals surface area (Å²) >= 11 is 5.93. The van der Waals surface area contributed by atoms with Crippen molar-refractivity contribution in [3.8, 4) is 6.07 Å². The first-order valence-electron chi connectivity index (χ1n) is 3.80. The fraction of sp³-hybridized carbons (Fsp3) is 0.100. The lowest BCUT2D eigenvalue weighted by atomic mass is 10.2. The molecule has 0 N–H and O–H groups in total. The molecule has 0 radical (unpaired) electrons. The first-order valence-corrected chi connectivity index (χ1v) is 4.18. The van der Waals surface area contributed by atoms with E-state index in [0.29, 0.717) is 16.4 Å². The maximum absolute atomic E-state index is 8.61. The van der Waals surface area contributed by atoms with Crippen molar-refractivity contribution in [3.63, 3.8) is 0 Å². The number of nitrogens with zero attached hydrogens (tertiary/aromatic N) is 1. The summed E-state index contributed by atoms with van der Waals surface area (Å²) in [5.74, 6) is 0.294. The van der Waals surface area contributed by atoms with E-state index in [1.54, 1.807) is 6.07 Å². The number of rotatable bonds is 0. The van der Waals surface area contributed by atoms with Gasteiger partial charge in [-0.25, -0.2) is 0 Å². The summed E-state index contributed by atoms with van der Waals surface area (Å²) < 4.78 is 5.21. The van der Waals surface area contributed by atoms with E-state index in [1.807, 2.05) is 25.1 Å². The minimum absolute atomic E-state index is 0.294. The van der Waals surface area contributed by atoms with Gasteiger partial charge in [0, 0.05) is 11.5 Å². The van der Waals surface area contributed by atoms with Gasteiger partial charge in [-0.1, -0.05) is 11.6 Å². The van der Waals surface area contributed by atoms with Crippen LogP contribution in [0.3, 0.4) is 0 Å². The fourth-order valence-electron chi connectivity index (χ4n) is 1.31. The fourth-order valence-corrected chi connectivity index (χ4v) is 1.63. The average Bonchev–Trinajstić information content (AvgIpc) is 2.47. The molecule has 1 aromatic carbocycles. The van der Waals surface area contributed by atoms with Gasteiger partial charge in [0.15, 0.2) is 5.58 Å². The number of benzene rings is 1. The van der Waals surface area contributed by atoms with Crippen molar-refractivity contribution in [3.05, 3.63) is 34.5 Å². The van der Waals surface area contributed by atoms with Crippen molar-refractivity contribution >= 4 is 22.6 Å². The Hall–Kier alpha value is -1.46. The van der Waals surface area contributed by atoms with Gasteiger partial charge >= 0.3 is 0 Å². The van der Waals surface area contributed by atoms with E-state index >= 15 is 0 Å². The molecular formula is C10H6ClNO. The summed E-state index contributed by atoms with van der Waals surface area (Å²) in [7, 11) is 0. The van der Waals surface area contributed by atoms with Crippen LogP contribution in [0, 0.1) is 18.3 Å². The SMILES string of the molecule is Cc1cc(Cl)c2oc(C#N)cc2c1. The number of hydrogen-bond donors (Lipinski definition) is 0. The summed E-state index contributed by atoms with van der Waals surface area (Å²) in [6.07, 6.45) is 0. The highest BCUT2D eigenvalue weighted by atomic mass is 35.5. The molecule has 1 aromatic heterocycles. The van der Waals surface area contributed by atoms with Crippen LogP contribution in [0.15, 0.2) is 22.6 Å². The molecule has 0 amide bonds. The van der Waals surface area contributed by atoms with Crippen molar-refractivity contribution in [2.24, 2.45) is 0 Å². The van der Waals surface area contributed by atoms with E-state index in [1.165, 1.54) is 0 Å². The number of fused-ring (bicyclic) bond motifs is 1. The molecule has 0 spiro atoms. The van der Waals surface area contributed by atoms with Crippen molar-refractivity contribution in [2.75, 3.05) is 0 Å². The molecule has 13 heavy (non-hydrogen) atoms. The van der Waals surface area contributed by atoms with Gasteiger partial charge < -0.3 is 4.42 Å². The molecule has 2 aromatic rings. The van der Waals surface area contributed by atoms with Crippen molar-refractivity contribution in [2.45, 2.75) is 6.92 Å². The topological polar surface area (TPSA) is 36.9 Å². The Balaban J connectivity index is 2.84. The van der Waals surface area contributed by atoms with E-state index in [-0.39, 0.29) is 0 Å². The van der Waals surface area contributed by atoms with Crippen molar-refractivity contribution < 1.29 is 4.42 Å². The van der Waals surface area contributed by atoms with Gasteiger partial charge in [-0.05, 0) is 24.6 Å². The molecule has 3 heteroatoms. The Bertz CT molecular complexity index is 507. The van der Waals surface area contributed by atoms with Crippen LogP contribution in [-0.2, 0) is 0 Å². The molecule has 0 bridgehead atoms. The van der Waals surface area contributed by atoms with Crippen LogP contribution in [-0.4, -0.2) is 0 Å². The van der Waals surface area contributed by atoms with Gasteiger partial charge in [0.25, 0.3) is 0 Å². The highest BCUT2D eigenvalue weighted by Gasteiger charge is 2.06. The summed E-state index contributed by atoms with van der Waals surface area (Å²) in [6, 6.07) is 7.38. The molecule has 0 aliphatic rings. The molecule has 0 aliphatic carbocycles. The lowest BCUT2D eigenvalue weighted by Crippen LogP contribution is -1.71. The molecule has 0 atom stereocenters. The van der Waals surface area contributed by atoms with E-state index in [0.717, 1.165) is 10.9 Å². The highest BCUT2D eigenvalue weighted by Crippen LogP contribution is 2.27. The zero-order chi connectivity index (χ0) is 9.42. The predicted octanol–water partition coefficient (Wildman–Crippen LogP) is 3.27. The Morgan fingerprint density at radius 2 is 2.15 bits per heavy atom. The second-order valence-electron chi connectivity index (χ2n) is 2.89. The third kappa shape index (κ3) is 1.28. The maximum Gasteiger partial charge on any atom is 0.204 e. The number of aryl methyl sites for hydroxylation is 1. The first kappa shape index (κ1) is 8.15. The summed E-state index contributed by atoms with van der Waals surface area (Å²) in [5.41, 5.74) is 1.65. The van der Waals surface area contributed by atoms with Crippen molar-refractivity contribution in [1.82, 2.24) is 0 Å². The predicted molar refractivity (Wildman–Crippen MR) is 50.7 cm³/mol. The Labute approximate surface area is 80.3 Å². The van der Waals surface area contributed by atoms with Gasteiger partial charge in [0.05, 0.1) is 5.02 Å². The number of furan rings is 1. The molecule has 0 saturated carbocycles. The van der Waals surface area contributed by atoms with Gasteiger partial charge in [0.2, 0.25) is 5.76 Å². The zero-order valence-electron chi connectivity index (χ0n) is 6.97. The van der Waals surface area contributed by atoms with E-state index in [2.05, 4.69) is 0 Å². The lowest BCUT2D eigenvalue weighted by Gasteiger charge is -1.94. The van der Waals surface area contributed by atoms with E-state index < -0.39 is 0 Å². The number of nitriles is 1. The molecule has 64 valence electrons. The first-order chi connectivity index (χ1) is 6.20. The van der Waals surface area contributed by atoms with Gasteiger partial charge in [-0.2, -0.15) is 5.26 Å². The van der Waals surface area contributed by atoms with Crippen LogP contribution in [0.4, 0.5) is 0 Å². The average molecular weight is 192 g/mol. The summed E-state index contributed by atoms with van der Waals surface area (Å²) in [5, 5.41) is 10.0. The number of hydrogen-bond acceptors (Lipinski definition) is 2. The van der Waals surface area contributed by atoms with Crippen LogP contribution in [0.5, 0.6) is 0 Å². The van der Waals surface area contributed by atoms with Crippen LogP contribution in [0.2, 0.25) is 5.02 Å². The van der Waals surface area contributed by atoms with E-state index in [9.17, 15) is 0 Å². The monoisotopic (exact) mass is 191 g/mol. The molecule has 0 saturated heterocycles. The largest absolute Gasteiger partial charge is 0.444 e. The lowest BCUT2D eigenvalue weighted by molar-refractivity contribution is 0.599. The summed E-state index contributed by atoms with van der Waals surface area (Å²) in [6.45, 7) is 1.95. The van der Waals surface area contributed by atoms with Crippen LogP contribution >= 0.6 is 11.6 Å². The molecule has 0 fully saturated rings. The van der Waals surface area contributed by atoms with Crippen LogP contribution in [0.25, 0.3) is 11.0 Å². The standard InChI is InChI=1S/C10H6ClNO/c1-6-2-7-4-8(5-12)13-10(7)9(11)3-6/h2-4H,1H3. The van der Waals surface area contributed by atoms with Crippen LogP contribution < -0.4 is 0 Å². The quantitative estimate of drug-likeness (QED) is 0.641. The number of halogens is 1. The molecule has 2 nitrogen and oxygen atoms in total. The third-order valence-corrected chi connectivity index (χ3v) is 2.11. The molecule has 0 aliphatic heterocycles. The van der Waals surface area contributed by atoms with Gasteiger partial charge in [0.1, 0.15) is 6.07 Å². The minimum Gasteiger partial charge on any atom is -0.444 e. The van der Waals surface area contributed by atoms with E-state index in [4.69, 9.17) is 21.3 Å². The molecule has 0 unspecified atom stereocenters. The second kappa shape index (κ2) is 2.79. The Kier molecular flexibility index (Phi) is 1.75. The smallest absolute Gasteiger partial charge is 0.204 e. The maximum atomic E-state index is 8.61. The normalized spacial score (nSPS) is 10.2. The zero-order valence-corrected chi connectivity index (χ0v) is 7.72. The Morgan fingerprint density at radius 3 is 2.85 bits per heavy atom. The van der Waals surface area contributed by atoms with Gasteiger partial charge in [-0.3, -0.25) is 0 Å². The van der Waals surface area contributed by atoms with Crippen LogP contribution in [0.1, 0.15) is 11.3 Å². The third-order valence-electron chi connectivity index (χ3n) is 1.83. The minimum atomic E-state index is 0.294. The summed E-state index contributed by atoms with van der Waals surface area (Å²) in [4.78, 5) is 0.